The summed E-state index contributed by atoms with van der Waals surface area (Å²) in [6.45, 7) is 2.39. The van der Waals surface area contributed by atoms with Gasteiger partial charge in [0.15, 0.2) is 0 Å². The maximum atomic E-state index is 12.7. The van der Waals surface area contributed by atoms with Crippen molar-refractivity contribution in [2.24, 2.45) is 0 Å². The van der Waals surface area contributed by atoms with Crippen LogP contribution in [-0.2, 0) is 19.1 Å². The molecular formula is C32H34N4O4. The number of ether oxygens (including phenoxy) is 1. The fraction of sp³-hybridized carbons (Fsp3) is 0.250. The van der Waals surface area contributed by atoms with Crippen LogP contribution in [0.4, 0.5) is 5.82 Å². The minimum atomic E-state index is -0.593. The Balaban J connectivity index is 1.32. The van der Waals surface area contributed by atoms with E-state index < -0.39 is 12.0 Å². The molecule has 2 amide bonds. The highest BCUT2D eigenvalue weighted by molar-refractivity contribution is 5.96. The molecule has 1 heterocycles. The molecule has 0 aliphatic rings. The Morgan fingerprint density at radius 2 is 1.70 bits per heavy atom. The molecule has 206 valence electrons. The zero-order valence-corrected chi connectivity index (χ0v) is 22.8. The van der Waals surface area contributed by atoms with Crippen molar-refractivity contribution in [2.45, 2.75) is 32.2 Å². The molecule has 4 rings (SSSR count). The van der Waals surface area contributed by atoms with Gasteiger partial charge in [-0.15, -0.1) is 0 Å². The number of carbonyl (C=O) groups excluding carboxylic acids is 3. The molecule has 0 bridgehead atoms. The van der Waals surface area contributed by atoms with Gasteiger partial charge in [0.25, 0.3) is 0 Å². The standard InChI is InChI=1S/C32H34N4O4/c1-22-16-18-34-29(19-22)33-17-6-11-30(37)35-21-31(38)36-28(20-32(39)40-2)25-14-12-24(13-15-25)27-10-5-8-23-7-3-4-9-26(23)27/h3-5,7-10,12-16,18-19,28H,6,11,17,20-21H2,1-2H3,(H,33,34)(H,35,37)(H,36,38). The number of amides is 2. The predicted molar refractivity (Wildman–Crippen MR) is 157 cm³/mol. The lowest BCUT2D eigenvalue weighted by atomic mass is 9.95. The molecular weight excluding hydrogens is 504 g/mol. The molecule has 0 aliphatic carbocycles. The first-order valence-corrected chi connectivity index (χ1v) is 13.3. The minimum Gasteiger partial charge on any atom is -0.469 e. The minimum absolute atomic E-state index is 0.0253. The van der Waals surface area contributed by atoms with Crippen LogP contribution in [0.25, 0.3) is 21.9 Å². The molecule has 0 saturated carbocycles. The number of methoxy groups -OCH3 is 1. The molecule has 0 aliphatic heterocycles. The summed E-state index contributed by atoms with van der Waals surface area (Å²) in [4.78, 5) is 41.3. The van der Waals surface area contributed by atoms with Crippen molar-refractivity contribution in [1.29, 1.82) is 0 Å². The van der Waals surface area contributed by atoms with Gasteiger partial charge >= 0.3 is 5.97 Å². The third kappa shape index (κ3) is 7.89. The second kappa shape index (κ2) is 13.9. The van der Waals surface area contributed by atoms with Gasteiger partial charge in [0.2, 0.25) is 11.8 Å². The molecule has 8 nitrogen and oxygen atoms in total. The van der Waals surface area contributed by atoms with Crippen LogP contribution < -0.4 is 16.0 Å². The summed E-state index contributed by atoms with van der Waals surface area (Å²) in [6.07, 6.45) is 2.57. The number of hydrogen-bond donors (Lipinski definition) is 3. The van der Waals surface area contributed by atoms with Crippen LogP contribution in [0, 0.1) is 6.92 Å². The Bertz CT molecular complexity index is 1460. The number of hydrogen-bond acceptors (Lipinski definition) is 6. The van der Waals surface area contributed by atoms with E-state index in [-0.39, 0.29) is 31.2 Å². The number of esters is 1. The highest BCUT2D eigenvalue weighted by Crippen LogP contribution is 2.30. The molecule has 0 radical (unpaired) electrons. The lowest BCUT2D eigenvalue weighted by Gasteiger charge is -2.19. The van der Waals surface area contributed by atoms with Crippen LogP contribution in [0.1, 0.15) is 36.4 Å². The van der Waals surface area contributed by atoms with E-state index in [0.29, 0.717) is 13.0 Å². The molecule has 40 heavy (non-hydrogen) atoms. The van der Waals surface area contributed by atoms with Gasteiger partial charge in [-0.3, -0.25) is 14.4 Å². The number of pyridine rings is 1. The summed E-state index contributed by atoms with van der Waals surface area (Å²) in [5, 5.41) is 11.0. The molecule has 0 fully saturated rings. The second-order valence-electron chi connectivity index (χ2n) is 9.57. The lowest BCUT2D eigenvalue weighted by molar-refractivity contribution is -0.141. The molecule has 8 heteroatoms. The summed E-state index contributed by atoms with van der Waals surface area (Å²) in [7, 11) is 1.31. The number of rotatable bonds is 12. The number of nitrogens with zero attached hydrogens (tertiary/aromatic N) is 1. The van der Waals surface area contributed by atoms with Crippen LogP contribution in [0.2, 0.25) is 0 Å². The number of carbonyl (C=O) groups is 3. The summed E-state index contributed by atoms with van der Waals surface area (Å²) < 4.78 is 4.85. The first-order valence-electron chi connectivity index (χ1n) is 13.3. The first kappa shape index (κ1) is 28.3. The van der Waals surface area contributed by atoms with Gasteiger partial charge < -0.3 is 20.7 Å². The molecule has 4 aromatic rings. The fourth-order valence-corrected chi connectivity index (χ4v) is 4.49. The first-order chi connectivity index (χ1) is 19.4. The topological polar surface area (TPSA) is 109 Å². The smallest absolute Gasteiger partial charge is 0.307 e. The van der Waals surface area contributed by atoms with Crippen molar-refractivity contribution in [3.8, 4) is 11.1 Å². The molecule has 0 spiro atoms. The Kier molecular flexibility index (Phi) is 9.83. The monoisotopic (exact) mass is 538 g/mol. The molecule has 3 N–H and O–H groups in total. The second-order valence-corrected chi connectivity index (χ2v) is 9.57. The quantitative estimate of drug-likeness (QED) is 0.174. The number of aryl methyl sites for hydroxylation is 1. The molecule has 1 aromatic heterocycles. The van der Waals surface area contributed by atoms with Crippen molar-refractivity contribution >= 4 is 34.4 Å². The van der Waals surface area contributed by atoms with E-state index in [1.807, 2.05) is 61.5 Å². The van der Waals surface area contributed by atoms with Crippen molar-refractivity contribution in [1.82, 2.24) is 15.6 Å². The van der Waals surface area contributed by atoms with Gasteiger partial charge in [-0.05, 0) is 58.5 Å². The van der Waals surface area contributed by atoms with E-state index in [0.717, 1.165) is 38.8 Å². The normalized spacial score (nSPS) is 11.4. The Labute approximate surface area is 234 Å². The fourth-order valence-electron chi connectivity index (χ4n) is 4.49. The largest absolute Gasteiger partial charge is 0.469 e. The molecule has 3 aromatic carbocycles. The predicted octanol–water partition coefficient (Wildman–Crippen LogP) is 4.94. The Morgan fingerprint density at radius 3 is 2.48 bits per heavy atom. The highest BCUT2D eigenvalue weighted by Gasteiger charge is 2.19. The third-order valence-electron chi connectivity index (χ3n) is 6.60. The van der Waals surface area contributed by atoms with Crippen molar-refractivity contribution in [2.75, 3.05) is 25.5 Å². The zero-order valence-electron chi connectivity index (χ0n) is 22.8. The van der Waals surface area contributed by atoms with Gasteiger partial charge in [-0.1, -0.05) is 66.7 Å². The average molecular weight is 539 g/mol. The van der Waals surface area contributed by atoms with Crippen LogP contribution >= 0.6 is 0 Å². The average Bonchev–Trinajstić information content (AvgIpc) is 2.97. The summed E-state index contributed by atoms with van der Waals surface area (Å²) in [5.41, 5.74) is 4.01. The highest BCUT2D eigenvalue weighted by atomic mass is 16.5. The number of aromatic nitrogens is 1. The maximum Gasteiger partial charge on any atom is 0.307 e. The van der Waals surface area contributed by atoms with E-state index in [1.54, 1.807) is 6.20 Å². The molecule has 1 unspecified atom stereocenters. The van der Waals surface area contributed by atoms with Gasteiger partial charge in [0.1, 0.15) is 5.82 Å². The van der Waals surface area contributed by atoms with Gasteiger partial charge in [-0.2, -0.15) is 0 Å². The van der Waals surface area contributed by atoms with Crippen LogP contribution in [0.3, 0.4) is 0 Å². The van der Waals surface area contributed by atoms with E-state index in [9.17, 15) is 14.4 Å². The van der Waals surface area contributed by atoms with Gasteiger partial charge in [-0.25, -0.2) is 4.98 Å². The zero-order chi connectivity index (χ0) is 28.3. The van der Waals surface area contributed by atoms with Gasteiger partial charge in [0, 0.05) is 19.2 Å². The number of nitrogens with one attached hydrogen (secondary N) is 3. The van der Waals surface area contributed by atoms with E-state index >= 15 is 0 Å². The van der Waals surface area contributed by atoms with Gasteiger partial charge in [0.05, 0.1) is 26.1 Å². The van der Waals surface area contributed by atoms with Crippen molar-refractivity contribution in [3.63, 3.8) is 0 Å². The summed E-state index contributed by atoms with van der Waals surface area (Å²) in [6, 6.07) is 25.4. The summed E-state index contributed by atoms with van der Waals surface area (Å²) >= 11 is 0. The lowest BCUT2D eigenvalue weighted by Crippen LogP contribution is -2.39. The van der Waals surface area contributed by atoms with Crippen LogP contribution in [0.15, 0.2) is 85.1 Å². The number of fused-ring (bicyclic) bond motifs is 1. The Hall–Kier alpha value is -4.72. The van der Waals surface area contributed by atoms with E-state index in [2.05, 4.69) is 45.2 Å². The van der Waals surface area contributed by atoms with E-state index in [4.69, 9.17) is 4.74 Å². The summed E-state index contributed by atoms with van der Waals surface area (Å²) in [5.74, 6) is -0.287. The van der Waals surface area contributed by atoms with Crippen LogP contribution in [0.5, 0.6) is 0 Å². The SMILES string of the molecule is COC(=O)CC(NC(=O)CNC(=O)CCCNc1cc(C)ccn1)c1ccc(-c2cccc3ccccc23)cc1. The third-order valence-corrected chi connectivity index (χ3v) is 6.60. The molecule has 0 saturated heterocycles. The molecule has 1 atom stereocenters. The number of anilines is 1. The number of benzene rings is 3. The van der Waals surface area contributed by atoms with Crippen molar-refractivity contribution in [3.05, 3.63) is 96.2 Å². The van der Waals surface area contributed by atoms with Crippen LogP contribution in [-0.4, -0.2) is 43.0 Å². The van der Waals surface area contributed by atoms with E-state index in [1.165, 1.54) is 7.11 Å². The maximum absolute atomic E-state index is 12.7. The Morgan fingerprint density at radius 1 is 0.925 bits per heavy atom. The van der Waals surface area contributed by atoms with Crippen molar-refractivity contribution < 1.29 is 19.1 Å².